The van der Waals surface area contributed by atoms with Crippen molar-refractivity contribution in [1.29, 1.82) is 0 Å². The predicted octanol–water partition coefficient (Wildman–Crippen LogP) is 6.47. The zero-order chi connectivity index (χ0) is 32.1. The topological polar surface area (TPSA) is 79.1 Å². The molecule has 45 heavy (non-hydrogen) atoms. The lowest BCUT2D eigenvalue weighted by molar-refractivity contribution is -0.139. The first kappa shape index (κ1) is 32.0. The Bertz CT molecular complexity index is 1940. The minimum Gasteiger partial charge on any atom is -0.490 e. The molecule has 0 N–H and O–H groups in total. The van der Waals surface area contributed by atoms with E-state index in [0.29, 0.717) is 56.8 Å². The van der Waals surface area contributed by atoms with E-state index in [1.807, 2.05) is 80.6 Å². The monoisotopic (exact) mass is 642 g/mol. The Labute approximate surface area is 271 Å². The number of aryl methyl sites for hydroxylation is 1. The predicted molar refractivity (Wildman–Crippen MR) is 179 cm³/mol. The first-order valence-electron chi connectivity index (χ1n) is 14.8. The van der Waals surface area contributed by atoms with Gasteiger partial charge in [-0.2, -0.15) is 0 Å². The van der Waals surface area contributed by atoms with Gasteiger partial charge in [0.25, 0.3) is 5.56 Å². The van der Waals surface area contributed by atoms with Gasteiger partial charge in [-0.25, -0.2) is 9.79 Å². The van der Waals surface area contributed by atoms with E-state index >= 15 is 0 Å². The second kappa shape index (κ2) is 14.1. The van der Waals surface area contributed by atoms with E-state index in [0.717, 1.165) is 27.8 Å². The molecule has 5 rings (SSSR count). The quantitative estimate of drug-likeness (QED) is 0.139. The maximum absolute atomic E-state index is 14.1. The van der Waals surface area contributed by atoms with Gasteiger partial charge in [-0.15, -0.1) is 6.58 Å². The number of allylic oxidation sites excluding steroid dienone is 2. The summed E-state index contributed by atoms with van der Waals surface area (Å²) in [7, 11) is 0. The van der Waals surface area contributed by atoms with Gasteiger partial charge in [-0.1, -0.05) is 71.0 Å². The standard InChI is InChI=1S/C36H35ClN2O5S/c1-6-9-27-18-25(19-29(42-7-2)33(27)44-21-24-12-16-28(37)17-13-24)20-30-34(40)39-32(26-14-10-22(4)11-15-26)31(35(41)43-8-3)23(5)38-36(39)45-30/h6,10-20,32H,1,7-9,21H2,2-5H3/b30-20+/t32-/m0/s1. The number of rotatable bonds is 11. The van der Waals surface area contributed by atoms with Crippen LogP contribution in [-0.4, -0.2) is 23.8 Å². The van der Waals surface area contributed by atoms with E-state index in [9.17, 15) is 9.59 Å². The number of nitrogens with zero attached hydrogens (tertiary/aromatic N) is 2. The first-order valence-corrected chi connectivity index (χ1v) is 16.0. The summed E-state index contributed by atoms with van der Waals surface area (Å²) in [6.07, 6.45) is 4.17. The molecule has 0 aliphatic carbocycles. The van der Waals surface area contributed by atoms with Crippen LogP contribution in [0.15, 0.2) is 94.4 Å². The summed E-state index contributed by atoms with van der Waals surface area (Å²) in [5.74, 6) is 0.713. The second-order valence-corrected chi connectivity index (χ2v) is 12.0. The van der Waals surface area contributed by atoms with Crippen LogP contribution in [0, 0.1) is 6.92 Å². The fourth-order valence-electron chi connectivity index (χ4n) is 5.24. The van der Waals surface area contributed by atoms with Crippen LogP contribution >= 0.6 is 22.9 Å². The van der Waals surface area contributed by atoms with Crippen molar-refractivity contribution < 1.29 is 19.0 Å². The zero-order valence-electron chi connectivity index (χ0n) is 25.8. The molecule has 2 heterocycles. The lowest BCUT2D eigenvalue weighted by atomic mass is 9.95. The van der Waals surface area contributed by atoms with Gasteiger partial charge in [0.15, 0.2) is 16.3 Å². The molecule has 0 spiro atoms. The Morgan fingerprint density at radius 3 is 2.44 bits per heavy atom. The normalized spacial score (nSPS) is 14.5. The molecule has 0 amide bonds. The van der Waals surface area contributed by atoms with E-state index in [1.54, 1.807) is 24.5 Å². The largest absolute Gasteiger partial charge is 0.490 e. The maximum atomic E-state index is 14.1. The average Bonchev–Trinajstić information content (AvgIpc) is 3.31. The van der Waals surface area contributed by atoms with Crippen LogP contribution in [0.25, 0.3) is 6.08 Å². The van der Waals surface area contributed by atoms with Crippen molar-refractivity contribution >= 4 is 35.0 Å². The summed E-state index contributed by atoms with van der Waals surface area (Å²) in [5, 5.41) is 0.660. The fourth-order valence-corrected chi connectivity index (χ4v) is 6.42. The van der Waals surface area contributed by atoms with Gasteiger partial charge in [0.05, 0.1) is 35.1 Å². The number of thiazole rings is 1. The minimum absolute atomic E-state index is 0.218. The Hall–Kier alpha value is -4.40. The number of hydrogen-bond donors (Lipinski definition) is 0. The number of esters is 1. The van der Waals surface area contributed by atoms with Gasteiger partial charge in [0.1, 0.15) is 6.61 Å². The van der Waals surface area contributed by atoms with Gasteiger partial charge in [-0.3, -0.25) is 9.36 Å². The van der Waals surface area contributed by atoms with Crippen LogP contribution < -0.4 is 24.4 Å². The number of carbonyl (C=O) groups excluding carboxylic acids is 1. The molecular weight excluding hydrogens is 608 g/mol. The summed E-state index contributed by atoms with van der Waals surface area (Å²) < 4.78 is 19.8. The van der Waals surface area contributed by atoms with Crippen LogP contribution in [-0.2, 0) is 22.6 Å². The zero-order valence-corrected chi connectivity index (χ0v) is 27.3. The summed E-state index contributed by atoms with van der Waals surface area (Å²) in [6, 6.07) is 18.5. The third kappa shape index (κ3) is 6.97. The molecule has 0 fully saturated rings. The number of ether oxygens (including phenoxy) is 3. The molecule has 9 heteroatoms. The average molecular weight is 643 g/mol. The molecule has 7 nitrogen and oxygen atoms in total. The van der Waals surface area contributed by atoms with Crippen molar-refractivity contribution in [2.75, 3.05) is 13.2 Å². The lowest BCUT2D eigenvalue weighted by Crippen LogP contribution is -2.39. The van der Waals surface area contributed by atoms with Gasteiger partial charge in [0, 0.05) is 10.6 Å². The van der Waals surface area contributed by atoms with Crippen molar-refractivity contribution in [3.8, 4) is 11.5 Å². The summed E-state index contributed by atoms with van der Waals surface area (Å²) in [4.78, 5) is 32.5. The minimum atomic E-state index is -0.665. The molecular formula is C36H35ClN2O5S. The molecule has 0 saturated heterocycles. The second-order valence-electron chi connectivity index (χ2n) is 10.6. The highest BCUT2D eigenvalue weighted by Crippen LogP contribution is 2.35. The molecule has 4 aromatic rings. The SMILES string of the molecule is C=CCc1cc(/C=c2/sc3n(c2=O)[C@@H](c2ccc(C)cc2)C(C(=O)OCC)=C(C)N=3)cc(OCC)c1OCc1ccc(Cl)cc1. The third-order valence-corrected chi connectivity index (χ3v) is 8.56. The van der Waals surface area contributed by atoms with Crippen LogP contribution in [0.3, 0.4) is 0 Å². The van der Waals surface area contributed by atoms with Gasteiger partial charge < -0.3 is 14.2 Å². The Balaban J connectivity index is 1.62. The smallest absolute Gasteiger partial charge is 0.338 e. The third-order valence-electron chi connectivity index (χ3n) is 7.32. The van der Waals surface area contributed by atoms with Crippen molar-refractivity contribution in [2.45, 2.75) is 46.8 Å². The molecule has 0 bridgehead atoms. The highest BCUT2D eigenvalue weighted by atomic mass is 35.5. The maximum Gasteiger partial charge on any atom is 0.338 e. The number of benzene rings is 3. The molecule has 0 saturated carbocycles. The van der Waals surface area contributed by atoms with Gasteiger partial charge >= 0.3 is 5.97 Å². The Morgan fingerprint density at radius 1 is 1.04 bits per heavy atom. The number of fused-ring (bicyclic) bond motifs is 1. The molecule has 1 aliphatic rings. The molecule has 1 aliphatic heterocycles. The summed E-state index contributed by atoms with van der Waals surface area (Å²) >= 11 is 7.33. The number of halogens is 1. The first-order chi connectivity index (χ1) is 21.7. The van der Waals surface area contributed by atoms with Crippen molar-refractivity contribution in [3.05, 3.63) is 137 Å². The summed E-state index contributed by atoms with van der Waals surface area (Å²) in [6.45, 7) is 12.4. The van der Waals surface area contributed by atoms with E-state index in [4.69, 9.17) is 25.8 Å². The van der Waals surface area contributed by atoms with E-state index in [2.05, 4.69) is 11.6 Å². The van der Waals surface area contributed by atoms with Gasteiger partial charge in [0.2, 0.25) is 0 Å². The Morgan fingerprint density at radius 2 is 1.78 bits per heavy atom. The van der Waals surface area contributed by atoms with E-state index < -0.39 is 12.0 Å². The van der Waals surface area contributed by atoms with Crippen LogP contribution in [0.2, 0.25) is 5.02 Å². The number of hydrogen-bond acceptors (Lipinski definition) is 7. The lowest BCUT2D eigenvalue weighted by Gasteiger charge is -2.24. The highest BCUT2D eigenvalue weighted by Gasteiger charge is 2.33. The molecule has 0 unspecified atom stereocenters. The van der Waals surface area contributed by atoms with E-state index in [1.165, 1.54) is 11.3 Å². The van der Waals surface area contributed by atoms with E-state index in [-0.39, 0.29) is 12.2 Å². The van der Waals surface area contributed by atoms with Crippen LogP contribution in [0.4, 0.5) is 0 Å². The number of aromatic nitrogens is 1. The Kier molecular flexibility index (Phi) is 10.1. The van der Waals surface area contributed by atoms with Crippen molar-refractivity contribution in [3.63, 3.8) is 0 Å². The van der Waals surface area contributed by atoms with Crippen LogP contribution in [0.5, 0.6) is 11.5 Å². The van der Waals surface area contributed by atoms with Crippen molar-refractivity contribution in [2.24, 2.45) is 4.99 Å². The number of carbonyl (C=O) groups is 1. The molecule has 3 aromatic carbocycles. The highest BCUT2D eigenvalue weighted by molar-refractivity contribution is 7.07. The molecule has 1 aromatic heterocycles. The summed E-state index contributed by atoms with van der Waals surface area (Å²) in [5.41, 5.74) is 5.14. The van der Waals surface area contributed by atoms with Crippen LogP contribution in [0.1, 0.15) is 54.6 Å². The molecule has 232 valence electrons. The fraction of sp³-hybridized carbons (Fsp3) is 0.250. The van der Waals surface area contributed by atoms with Crippen molar-refractivity contribution in [1.82, 2.24) is 4.57 Å². The molecule has 1 atom stereocenters. The van der Waals surface area contributed by atoms with Gasteiger partial charge in [-0.05, 0) is 81.1 Å². The molecule has 0 radical (unpaired) electrons.